The minimum atomic E-state index is -3.54. The summed E-state index contributed by atoms with van der Waals surface area (Å²) in [6.07, 6.45) is 7.44. The van der Waals surface area contributed by atoms with E-state index < -0.39 is 16.1 Å². The molecule has 214 valence electrons. The molecular weight excluding hydrogens is 534 g/mol. The van der Waals surface area contributed by atoms with E-state index in [0.29, 0.717) is 23.6 Å². The number of amides is 2. The fourth-order valence-corrected chi connectivity index (χ4v) is 6.22. The van der Waals surface area contributed by atoms with E-state index in [4.69, 9.17) is 11.6 Å². The predicted molar refractivity (Wildman–Crippen MR) is 158 cm³/mol. The third kappa shape index (κ3) is 8.97. The number of nitrogens with one attached hydrogen (secondary N) is 1. The van der Waals surface area contributed by atoms with E-state index in [9.17, 15) is 18.0 Å². The van der Waals surface area contributed by atoms with Gasteiger partial charge in [0.05, 0.1) is 11.9 Å². The third-order valence-electron chi connectivity index (χ3n) is 7.53. The molecule has 0 spiro atoms. The van der Waals surface area contributed by atoms with Crippen LogP contribution in [0.25, 0.3) is 0 Å². The number of halogens is 1. The maximum absolute atomic E-state index is 13.6. The summed E-state index contributed by atoms with van der Waals surface area (Å²) in [6.45, 7) is 6.29. The van der Waals surface area contributed by atoms with Gasteiger partial charge in [0, 0.05) is 30.6 Å². The summed E-state index contributed by atoms with van der Waals surface area (Å²) in [5.41, 5.74) is 3.55. The van der Waals surface area contributed by atoms with Gasteiger partial charge in [-0.2, -0.15) is 0 Å². The number of sulfonamides is 1. The largest absolute Gasteiger partial charge is 0.352 e. The number of carbonyl (C=O) groups is 2. The number of hydrogen-bond acceptors (Lipinski definition) is 4. The maximum Gasteiger partial charge on any atom is 0.243 e. The van der Waals surface area contributed by atoms with E-state index in [1.807, 2.05) is 45.0 Å². The van der Waals surface area contributed by atoms with E-state index in [1.165, 1.54) is 17.0 Å². The standard InChI is InChI=1S/C30H42ClN3O4S/c1-5-28(30(36)32-26-10-7-6-8-11-26)33(21-24-14-16-25(31)17-15-24)29(35)12-9-19-34(39(4,37)38)27-18-13-22(2)23(3)20-27/h13-18,20,26,28H,5-12,19,21H2,1-4H3,(H,32,36)/t28-/m0/s1. The van der Waals surface area contributed by atoms with Crippen LogP contribution in [0.1, 0.15) is 75.0 Å². The molecule has 3 rings (SSSR count). The van der Waals surface area contributed by atoms with Gasteiger partial charge >= 0.3 is 0 Å². The first-order valence-electron chi connectivity index (χ1n) is 13.9. The zero-order valence-corrected chi connectivity index (χ0v) is 25.2. The van der Waals surface area contributed by atoms with E-state index in [0.717, 1.165) is 42.4 Å². The molecule has 2 aromatic carbocycles. The van der Waals surface area contributed by atoms with E-state index in [2.05, 4.69) is 5.32 Å². The lowest BCUT2D eigenvalue weighted by atomic mass is 9.95. The summed E-state index contributed by atoms with van der Waals surface area (Å²) < 4.78 is 26.6. The van der Waals surface area contributed by atoms with Gasteiger partial charge in [-0.1, -0.05) is 56.0 Å². The van der Waals surface area contributed by atoms with Gasteiger partial charge in [0.2, 0.25) is 21.8 Å². The van der Waals surface area contributed by atoms with Crippen LogP contribution in [-0.2, 0) is 26.2 Å². The Morgan fingerprint density at radius 2 is 1.69 bits per heavy atom. The van der Waals surface area contributed by atoms with Crippen LogP contribution in [0.2, 0.25) is 5.02 Å². The predicted octanol–water partition coefficient (Wildman–Crippen LogP) is 5.76. The van der Waals surface area contributed by atoms with Crippen LogP contribution in [0.3, 0.4) is 0 Å². The molecule has 0 radical (unpaired) electrons. The summed E-state index contributed by atoms with van der Waals surface area (Å²) in [5, 5.41) is 3.79. The number of aryl methyl sites for hydroxylation is 2. The topological polar surface area (TPSA) is 86.8 Å². The molecule has 0 saturated heterocycles. The van der Waals surface area contributed by atoms with Gasteiger partial charge in [-0.3, -0.25) is 13.9 Å². The van der Waals surface area contributed by atoms with Gasteiger partial charge in [-0.25, -0.2) is 8.42 Å². The van der Waals surface area contributed by atoms with Gasteiger partial charge in [0.15, 0.2) is 0 Å². The molecule has 1 atom stereocenters. The summed E-state index contributed by atoms with van der Waals surface area (Å²) >= 11 is 6.06. The number of carbonyl (C=O) groups excluding carboxylic acids is 2. The van der Waals surface area contributed by atoms with Crippen LogP contribution in [0.15, 0.2) is 42.5 Å². The average molecular weight is 576 g/mol. The minimum absolute atomic E-state index is 0.123. The lowest BCUT2D eigenvalue weighted by Gasteiger charge is -2.33. The molecule has 39 heavy (non-hydrogen) atoms. The second-order valence-electron chi connectivity index (χ2n) is 10.6. The van der Waals surface area contributed by atoms with Gasteiger partial charge < -0.3 is 10.2 Å². The molecule has 0 bridgehead atoms. The van der Waals surface area contributed by atoms with Gasteiger partial charge in [0.1, 0.15) is 6.04 Å². The number of hydrogen-bond donors (Lipinski definition) is 1. The molecule has 2 amide bonds. The van der Waals surface area contributed by atoms with E-state index in [-0.39, 0.29) is 37.4 Å². The number of nitrogens with zero attached hydrogens (tertiary/aromatic N) is 2. The molecule has 0 aliphatic heterocycles. The molecular formula is C30H42ClN3O4S. The van der Waals surface area contributed by atoms with Crippen molar-refractivity contribution < 1.29 is 18.0 Å². The van der Waals surface area contributed by atoms with E-state index >= 15 is 0 Å². The summed E-state index contributed by atoms with van der Waals surface area (Å²) in [6, 6.07) is 12.4. The van der Waals surface area contributed by atoms with Crippen LogP contribution in [-0.4, -0.2) is 50.0 Å². The Morgan fingerprint density at radius 3 is 2.28 bits per heavy atom. The van der Waals surface area contributed by atoms with Crippen LogP contribution < -0.4 is 9.62 Å². The molecule has 1 N–H and O–H groups in total. The zero-order chi connectivity index (χ0) is 28.6. The second kappa shape index (κ2) is 14.2. The highest BCUT2D eigenvalue weighted by atomic mass is 35.5. The molecule has 9 heteroatoms. The number of anilines is 1. The molecule has 0 unspecified atom stereocenters. The van der Waals surface area contributed by atoms with Crippen molar-refractivity contribution in [2.75, 3.05) is 17.1 Å². The average Bonchev–Trinajstić information content (AvgIpc) is 2.89. The van der Waals surface area contributed by atoms with E-state index in [1.54, 1.807) is 23.1 Å². The highest BCUT2D eigenvalue weighted by molar-refractivity contribution is 7.92. The van der Waals surface area contributed by atoms with Crippen molar-refractivity contribution in [1.82, 2.24) is 10.2 Å². The Bertz CT molecular complexity index is 1230. The Hall–Kier alpha value is -2.58. The molecule has 2 aromatic rings. The van der Waals surface area contributed by atoms with Crippen LogP contribution in [0.4, 0.5) is 5.69 Å². The van der Waals surface area contributed by atoms with Crippen LogP contribution in [0.5, 0.6) is 0 Å². The van der Waals surface area contributed by atoms with Crippen LogP contribution in [0, 0.1) is 13.8 Å². The molecule has 0 aromatic heterocycles. The fourth-order valence-electron chi connectivity index (χ4n) is 5.13. The molecule has 0 heterocycles. The summed E-state index contributed by atoms with van der Waals surface area (Å²) in [7, 11) is -3.54. The molecule has 7 nitrogen and oxygen atoms in total. The lowest BCUT2D eigenvalue weighted by molar-refractivity contribution is -0.141. The Labute approximate surface area is 239 Å². The Morgan fingerprint density at radius 1 is 1.03 bits per heavy atom. The van der Waals surface area contributed by atoms with Crippen molar-refractivity contribution >= 4 is 39.1 Å². The monoisotopic (exact) mass is 575 g/mol. The fraction of sp³-hybridized carbons (Fsp3) is 0.533. The van der Waals surface area contributed by atoms with Crippen molar-refractivity contribution in [1.29, 1.82) is 0 Å². The van der Waals surface area contributed by atoms with Crippen molar-refractivity contribution in [3.8, 4) is 0 Å². The smallest absolute Gasteiger partial charge is 0.243 e. The maximum atomic E-state index is 13.6. The quantitative estimate of drug-likeness (QED) is 0.349. The van der Waals surface area contributed by atoms with Crippen molar-refractivity contribution in [2.24, 2.45) is 0 Å². The molecule has 1 aliphatic carbocycles. The normalized spacial score (nSPS) is 15.0. The minimum Gasteiger partial charge on any atom is -0.352 e. The van der Waals surface area contributed by atoms with Gasteiger partial charge in [0.25, 0.3) is 0 Å². The zero-order valence-electron chi connectivity index (χ0n) is 23.6. The first-order chi connectivity index (χ1) is 18.5. The lowest BCUT2D eigenvalue weighted by Crippen LogP contribution is -2.51. The second-order valence-corrected chi connectivity index (χ2v) is 13.0. The van der Waals surface area contributed by atoms with Crippen molar-refractivity contribution in [3.05, 3.63) is 64.2 Å². The van der Waals surface area contributed by atoms with Crippen molar-refractivity contribution in [2.45, 2.75) is 90.8 Å². The first kappa shape index (κ1) is 31.0. The Balaban J connectivity index is 1.76. The Kier molecular flexibility index (Phi) is 11.2. The highest BCUT2D eigenvalue weighted by Gasteiger charge is 2.30. The number of rotatable bonds is 12. The first-order valence-corrected chi connectivity index (χ1v) is 16.1. The third-order valence-corrected chi connectivity index (χ3v) is 8.98. The SMILES string of the molecule is CC[C@@H](C(=O)NC1CCCCC1)N(Cc1ccc(Cl)cc1)C(=O)CCCN(c1ccc(C)c(C)c1)S(C)(=O)=O. The summed E-state index contributed by atoms with van der Waals surface area (Å²) in [4.78, 5) is 28.6. The molecule has 1 aliphatic rings. The highest BCUT2D eigenvalue weighted by Crippen LogP contribution is 2.23. The van der Waals surface area contributed by atoms with Crippen molar-refractivity contribution in [3.63, 3.8) is 0 Å². The molecule has 1 fully saturated rings. The summed E-state index contributed by atoms with van der Waals surface area (Å²) in [5.74, 6) is -0.302. The molecule has 1 saturated carbocycles. The van der Waals surface area contributed by atoms with Crippen LogP contribution >= 0.6 is 11.6 Å². The number of benzene rings is 2. The van der Waals surface area contributed by atoms with Gasteiger partial charge in [-0.15, -0.1) is 0 Å². The van der Waals surface area contributed by atoms with Gasteiger partial charge in [-0.05, 0) is 80.5 Å².